The monoisotopic (exact) mass is 351 g/mol. The van der Waals surface area contributed by atoms with Gasteiger partial charge in [-0.2, -0.15) is 5.10 Å². The minimum absolute atomic E-state index is 0.00906. The van der Waals surface area contributed by atoms with Gasteiger partial charge in [-0.3, -0.25) is 4.79 Å². The standard InChI is InChI=1S/C21H22FN3O/c1-21(2,3)16-10-8-15(9-11-16)14-25-19(12-13-23-25)24-20(26)17-6-4-5-7-18(17)22/h4-13H,14H2,1-3H3,(H,24,26). The number of hydrogen-bond acceptors (Lipinski definition) is 2. The molecular formula is C21H22FN3O. The smallest absolute Gasteiger partial charge is 0.259 e. The number of carbonyl (C=O) groups excluding carboxylic acids is 1. The minimum atomic E-state index is -0.547. The normalized spacial score (nSPS) is 11.4. The molecule has 0 atom stereocenters. The third kappa shape index (κ3) is 3.99. The Morgan fingerprint density at radius 1 is 1.08 bits per heavy atom. The van der Waals surface area contributed by atoms with Gasteiger partial charge in [0.25, 0.3) is 5.91 Å². The molecule has 26 heavy (non-hydrogen) atoms. The van der Waals surface area contributed by atoms with E-state index in [2.05, 4.69) is 55.5 Å². The van der Waals surface area contributed by atoms with Crippen molar-refractivity contribution in [3.63, 3.8) is 0 Å². The van der Waals surface area contributed by atoms with Crippen molar-refractivity contribution in [2.24, 2.45) is 0 Å². The van der Waals surface area contributed by atoms with Gasteiger partial charge in [-0.1, -0.05) is 57.2 Å². The number of nitrogens with one attached hydrogen (secondary N) is 1. The van der Waals surface area contributed by atoms with Gasteiger partial charge in [0.2, 0.25) is 0 Å². The fraction of sp³-hybridized carbons (Fsp3) is 0.238. The fourth-order valence-corrected chi connectivity index (χ4v) is 2.68. The summed E-state index contributed by atoms with van der Waals surface area (Å²) >= 11 is 0. The van der Waals surface area contributed by atoms with Crippen LogP contribution in [-0.4, -0.2) is 15.7 Å². The molecule has 2 aromatic carbocycles. The molecule has 0 aliphatic carbocycles. The predicted molar refractivity (Wildman–Crippen MR) is 101 cm³/mol. The second-order valence-electron chi connectivity index (χ2n) is 7.25. The zero-order valence-electron chi connectivity index (χ0n) is 15.2. The molecular weight excluding hydrogens is 329 g/mol. The summed E-state index contributed by atoms with van der Waals surface area (Å²) in [5.41, 5.74) is 2.44. The number of anilines is 1. The van der Waals surface area contributed by atoms with Crippen LogP contribution < -0.4 is 5.32 Å². The lowest BCUT2D eigenvalue weighted by atomic mass is 9.87. The first-order valence-corrected chi connectivity index (χ1v) is 8.52. The first-order chi connectivity index (χ1) is 12.3. The van der Waals surface area contributed by atoms with Crippen molar-refractivity contribution in [3.8, 4) is 0 Å². The number of carbonyl (C=O) groups is 1. The van der Waals surface area contributed by atoms with Crippen LogP contribution in [0.15, 0.2) is 60.8 Å². The average Bonchev–Trinajstić information content (AvgIpc) is 3.01. The molecule has 0 aliphatic heterocycles. The van der Waals surface area contributed by atoms with Crippen molar-refractivity contribution in [2.45, 2.75) is 32.7 Å². The average molecular weight is 351 g/mol. The highest BCUT2D eigenvalue weighted by Crippen LogP contribution is 2.22. The molecule has 1 aromatic heterocycles. The molecule has 1 heterocycles. The van der Waals surface area contributed by atoms with Gasteiger partial charge in [-0.05, 0) is 28.7 Å². The van der Waals surface area contributed by atoms with E-state index in [1.807, 2.05) is 0 Å². The molecule has 0 fully saturated rings. The Hall–Kier alpha value is -2.95. The molecule has 0 radical (unpaired) electrons. The Labute approximate surface area is 152 Å². The van der Waals surface area contributed by atoms with Gasteiger partial charge in [0.1, 0.15) is 11.6 Å². The summed E-state index contributed by atoms with van der Waals surface area (Å²) in [6.45, 7) is 7.04. The number of rotatable bonds is 4. The van der Waals surface area contributed by atoms with E-state index in [4.69, 9.17) is 0 Å². The van der Waals surface area contributed by atoms with E-state index in [1.54, 1.807) is 29.1 Å². The lowest BCUT2D eigenvalue weighted by Gasteiger charge is -2.19. The number of aromatic nitrogens is 2. The maximum atomic E-state index is 13.8. The Balaban J connectivity index is 1.75. The van der Waals surface area contributed by atoms with Crippen LogP contribution in [0.4, 0.5) is 10.2 Å². The summed E-state index contributed by atoms with van der Waals surface area (Å²) in [6.07, 6.45) is 1.61. The van der Waals surface area contributed by atoms with E-state index in [0.29, 0.717) is 12.4 Å². The molecule has 134 valence electrons. The lowest BCUT2D eigenvalue weighted by Crippen LogP contribution is -2.17. The van der Waals surface area contributed by atoms with E-state index < -0.39 is 11.7 Å². The fourth-order valence-electron chi connectivity index (χ4n) is 2.68. The highest BCUT2D eigenvalue weighted by atomic mass is 19.1. The maximum absolute atomic E-state index is 13.8. The van der Waals surface area contributed by atoms with E-state index in [9.17, 15) is 9.18 Å². The predicted octanol–water partition coefficient (Wildman–Crippen LogP) is 4.62. The first-order valence-electron chi connectivity index (χ1n) is 8.52. The Morgan fingerprint density at radius 3 is 2.42 bits per heavy atom. The minimum Gasteiger partial charge on any atom is -0.307 e. The zero-order valence-corrected chi connectivity index (χ0v) is 15.2. The second-order valence-corrected chi connectivity index (χ2v) is 7.25. The molecule has 0 unspecified atom stereocenters. The highest BCUT2D eigenvalue weighted by molar-refractivity contribution is 6.03. The van der Waals surface area contributed by atoms with Crippen LogP contribution in [0.2, 0.25) is 0 Å². The molecule has 0 saturated heterocycles. The van der Waals surface area contributed by atoms with Crippen LogP contribution in [0.5, 0.6) is 0 Å². The van der Waals surface area contributed by atoms with Gasteiger partial charge in [0, 0.05) is 6.07 Å². The summed E-state index contributed by atoms with van der Waals surface area (Å²) in [7, 11) is 0. The second kappa shape index (κ2) is 7.12. The number of halogens is 1. The van der Waals surface area contributed by atoms with Crippen LogP contribution in [0.3, 0.4) is 0 Å². The molecule has 0 bridgehead atoms. The van der Waals surface area contributed by atoms with Crippen LogP contribution in [0.1, 0.15) is 42.3 Å². The van der Waals surface area contributed by atoms with Crippen molar-refractivity contribution < 1.29 is 9.18 Å². The van der Waals surface area contributed by atoms with E-state index in [-0.39, 0.29) is 11.0 Å². The number of hydrogen-bond donors (Lipinski definition) is 1. The lowest BCUT2D eigenvalue weighted by molar-refractivity contribution is 0.102. The SMILES string of the molecule is CC(C)(C)c1ccc(Cn2nccc2NC(=O)c2ccccc2F)cc1. The summed E-state index contributed by atoms with van der Waals surface area (Å²) in [5, 5.41) is 6.99. The van der Waals surface area contributed by atoms with Gasteiger partial charge < -0.3 is 5.32 Å². The molecule has 5 heteroatoms. The highest BCUT2D eigenvalue weighted by Gasteiger charge is 2.15. The number of nitrogens with zero attached hydrogens (tertiary/aromatic N) is 2. The molecule has 3 aromatic rings. The summed E-state index contributed by atoms with van der Waals surface area (Å²) < 4.78 is 15.5. The Morgan fingerprint density at radius 2 is 1.77 bits per heavy atom. The van der Waals surface area contributed by atoms with Crippen molar-refractivity contribution in [1.29, 1.82) is 0 Å². The quantitative estimate of drug-likeness (QED) is 0.745. The number of amides is 1. The molecule has 0 saturated carbocycles. The largest absolute Gasteiger partial charge is 0.307 e. The topological polar surface area (TPSA) is 46.9 Å². The molecule has 0 spiro atoms. The first kappa shape index (κ1) is 17.9. The zero-order chi connectivity index (χ0) is 18.7. The van der Waals surface area contributed by atoms with Crippen LogP contribution >= 0.6 is 0 Å². The molecule has 0 aliphatic rings. The third-order valence-corrected chi connectivity index (χ3v) is 4.23. The van der Waals surface area contributed by atoms with Crippen molar-refractivity contribution in [3.05, 3.63) is 83.3 Å². The Bertz CT molecular complexity index is 908. The van der Waals surface area contributed by atoms with Crippen molar-refractivity contribution in [2.75, 3.05) is 5.32 Å². The molecule has 1 N–H and O–H groups in total. The summed E-state index contributed by atoms with van der Waals surface area (Å²) in [4.78, 5) is 12.3. The Kier molecular flexibility index (Phi) is 4.89. The van der Waals surface area contributed by atoms with Gasteiger partial charge in [-0.25, -0.2) is 9.07 Å². The molecule has 1 amide bonds. The van der Waals surface area contributed by atoms with Crippen LogP contribution in [-0.2, 0) is 12.0 Å². The van der Waals surface area contributed by atoms with Crippen molar-refractivity contribution in [1.82, 2.24) is 9.78 Å². The van der Waals surface area contributed by atoms with Gasteiger partial charge in [0.05, 0.1) is 18.3 Å². The van der Waals surface area contributed by atoms with E-state index in [1.165, 1.54) is 17.7 Å². The van der Waals surface area contributed by atoms with Gasteiger partial charge >= 0.3 is 0 Å². The van der Waals surface area contributed by atoms with Gasteiger partial charge in [0.15, 0.2) is 0 Å². The van der Waals surface area contributed by atoms with Crippen LogP contribution in [0, 0.1) is 5.82 Å². The number of benzene rings is 2. The maximum Gasteiger partial charge on any atom is 0.259 e. The third-order valence-electron chi connectivity index (χ3n) is 4.23. The van der Waals surface area contributed by atoms with E-state index >= 15 is 0 Å². The molecule has 4 nitrogen and oxygen atoms in total. The van der Waals surface area contributed by atoms with Crippen LogP contribution in [0.25, 0.3) is 0 Å². The van der Waals surface area contributed by atoms with Crippen molar-refractivity contribution >= 4 is 11.7 Å². The molecule has 3 rings (SSSR count). The van der Waals surface area contributed by atoms with Gasteiger partial charge in [-0.15, -0.1) is 0 Å². The summed E-state index contributed by atoms with van der Waals surface area (Å²) in [5.74, 6) is -0.514. The summed E-state index contributed by atoms with van der Waals surface area (Å²) in [6, 6.07) is 15.9. The van der Waals surface area contributed by atoms with E-state index in [0.717, 1.165) is 5.56 Å².